The summed E-state index contributed by atoms with van der Waals surface area (Å²) >= 11 is 13.0. The van der Waals surface area contributed by atoms with Crippen molar-refractivity contribution in [3.05, 3.63) is 56.6 Å². The number of benzene rings is 2. The van der Waals surface area contributed by atoms with Gasteiger partial charge in [-0.15, -0.1) is 0 Å². The summed E-state index contributed by atoms with van der Waals surface area (Å²) in [5, 5.41) is 0.0680. The maximum Gasteiger partial charge on any atom is 0.263 e. The van der Waals surface area contributed by atoms with Crippen molar-refractivity contribution in [2.24, 2.45) is 5.73 Å². The van der Waals surface area contributed by atoms with Crippen molar-refractivity contribution in [2.75, 3.05) is 4.72 Å². The number of rotatable bonds is 4. The van der Waals surface area contributed by atoms with Gasteiger partial charge < -0.3 is 5.73 Å². The molecule has 3 N–H and O–H groups in total. The first-order valence-electron chi connectivity index (χ1n) is 5.67. The maximum atomic E-state index is 12.4. The number of nitrogens with one attached hydrogen (secondary N) is 1. The lowest BCUT2D eigenvalue weighted by Gasteiger charge is -2.10. The fourth-order valence-electron chi connectivity index (χ4n) is 1.63. The molecule has 0 saturated carbocycles. The summed E-state index contributed by atoms with van der Waals surface area (Å²) < 4.78 is 28.1. The van der Waals surface area contributed by atoms with Gasteiger partial charge in [0, 0.05) is 14.8 Å². The van der Waals surface area contributed by atoms with Crippen LogP contribution in [-0.2, 0) is 10.0 Å². The first-order chi connectivity index (χ1) is 9.79. The molecule has 0 aliphatic heterocycles. The van der Waals surface area contributed by atoms with Crippen LogP contribution in [0.4, 0.5) is 5.69 Å². The molecule has 0 radical (unpaired) electrons. The molecule has 0 saturated heterocycles. The minimum absolute atomic E-state index is 0.0250. The number of halogens is 2. The van der Waals surface area contributed by atoms with E-state index in [1.165, 1.54) is 18.2 Å². The van der Waals surface area contributed by atoms with E-state index in [9.17, 15) is 8.42 Å². The van der Waals surface area contributed by atoms with Crippen molar-refractivity contribution in [1.29, 1.82) is 0 Å². The highest BCUT2D eigenvalue weighted by Gasteiger charge is 2.18. The zero-order chi connectivity index (χ0) is 15.6. The second-order valence-corrected chi connectivity index (χ2v) is 7.87. The van der Waals surface area contributed by atoms with Gasteiger partial charge in [0.05, 0.1) is 5.02 Å². The SMILES string of the molecule is NC(=S)c1ccc(S(=O)(=O)Nc2cccc(I)c2)c(Cl)c1. The van der Waals surface area contributed by atoms with Crippen LogP contribution in [-0.4, -0.2) is 13.4 Å². The van der Waals surface area contributed by atoms with Gasteiger partial charge in [-0.2, -0.15) is 0 Å². The van der Waals surface area contributed by atoms with E-state index in [1.54, 1.807) is 18.2 Å². The Kier molecular flexibility index (Phi) is 5.07. The van der Waals surface area contributed by atoms with Gasteiger partial charge in [-0.05, 0) is 52.9 Å². The van der Waals surface area contributed by atoms with E-state index in [4.69, 9.17) is 29.6 Å². The van der Waals surface area contributed by atoms with Crippen LogP contribution in [0.3, 0.4) is 0 Å². The van der Waals surface area contributed by atoms with Gasteiger partial charge in [0.2, 0.25) is 0 Å². The second kappa shape index (κ2) is 6.47. The molecule has 0 aromatic heterocycles. The molecule has 0 spiro atoms. The lowest BCUT2D eigenvalue weighted by molar-refractivity contribution is 0.601. The zero-order valence-corrected chi connectivity index (χ0v) is 15.1. The Morgan fingerprint density at radius 1 is 1.24 bits per heavy atom. The summed E-state index contributed by atoms with van der Waals surface area (Å²) in [6, 6.07) is 11.4. The van der Waals surface area contributed by atoms with Crippen molar-refractivity contribution in [3.63, 3.8) is 0 Å². The molecular weight excluding hydrogens is 443 g/mol. The van der Waals surface area contributed by atoms with Crippen molar-refractivity contribution in [2.45, 2.75) is 4.90 Å². The monoisotopic (exact) mass is 452 g/mol. The van der Waals surface area contributed by atoms with E-state index in [0.717, 1.165) is 3.57 Å². The Hall–Kier alpha value is -0.900. The van der Waals surface area contributed by atoms with Gasteiger partial charge in [0.15, 0.2) is 0 Å². The predicted octanol–water partition coefficient (Wildman–Crippen LogP) is 3.38. The molecule has 0 amide bonds. The van der Waals surface area contributed by atoms with Gasteiger partial charge in [-0.1, -0.05) is 36.0 Å². The van der Waals surface area contributed by atoms with Crippen LogP contribution in [0.1, 0.15) is 5.56 Å². The molecule has 4 nitrogen and oxygen atoms in total. The van der Waals surface area contributed by atoms with Crippen LogP contribution in [0, 0.1) is 3.57 Å². The third-order valence-corrected chi connectivity index (χ3v) is 5.35. The van der Waals surface area contributed by atoms with Crippen molar-refractivity contribution >= 4 is 67.1 Å². The molecule has 2 aromatic rings. The predicted molar refractivity (Wildman–Crippen MR) is 97.3 cm³/mol. The lowest BCUT2D eigenvalue weighted by Crippen LogP contribution is -2.15. The molecule has 0 unspecified atom stereocenters. The Morgan fingerprint density at radius 3 is 2.52 bits per heavy atom. The molecular formula is C13H10ClIN2O2S2. The minimum atomic E-state index is -3.77. The zero-order valence-electron chi connectivity index (χ0n) is 10.5. The molecule has 0 atom stereocenters. The van der Waals surface area contributed by atoms with Crippen molar-refractivity contribution in [1.82, 2.24) is 0 Å². The maximum absolute atomic E-state index is 12.4. The number of anilines is 1. The standard InChI is InChI=1S/C13H10ClIN2O2S2/c14-11-6-8(13(16)20)4-5-12(11)21(18,19)17-10-3-1-2-9(15)7-10/h1-7,17H,(H2,16,20). The Labute approximate surface area is 146 Å². The third kappa shape index (κ3) is 4.06. The second-order valence-electron chi connectivity index (χ2n) is 4.13. The quantitative estimate of drug-likeness (QED) is 0.551. The number of thiocarbonyl (C=S) groups is 1. The highest BCUT2D eigenvalue weighted by molar-refractivity contribution is 14.1. The summed E-state index contributed by atoms with van der Waals surface area (Å²) in [7, 11) is -3.77. The molecule has 0 heterocycles. The van der Waals surface area contributed by atoms with Crippen LogP contribution in [0.15, 0.2) is 47.4 Å². The third-order valence-electron chi connectivity index (χ3n) is 2.58. The summed E-state index contributed by atoms with van der Waals surface area (Å²) in [4.78, 5) is 0.134. The highest BCUT2D eigenvalue weighted by Crippen LogP contribution is 2.25. The molecule has 2 rings (SSSR count). The van der Waals surface area contributed by atoms with Crippen LogP contribution in [0.25, 0.3) is 0 Å². The van der Waals surface area contributed by atoms with E-state index in [1.807, 2.05) is 6.07 Å². The van der Waals surface area contributed by atoms with E-state index < -0.39 is 10.0 Å². The first-order valence-corrected chi connectivity index (χ1v) is 9.02. The summed E-state index contributed by atoms with van der Waals surface area (Å²) in [5.41, 5.74) is 6.47. The summed E-state index contributed by atoms with van der Waals surface area (Å²) in [6.07, 6.45) is 0. The lowest BCUT2D eigenvalue weighted by atomic mass is 10.2. The Morgan fingerprint density at radius 2 is 1.95 bits per heavy atom. The largest absolute Gasteiger partial charge is 0.389 e. The molecule has 21 heavy (non-hydrogen) atoms. The molecule has 0 fully saturated rings. The van der Waals surface area contributed by atoms with Crippen LogP contribution < -0.4 is 10.5 Å². The molecule has 0 bridgehead atoms. The average Bonchev–Trinajstić information content (AvgIpc) is 2.37. The van der Waals surface area contributed by atoms with Gasteiger partial charge in [-0.3, -0.25) is 4.72 Å². The summed E-state index contributed by atoms with van der Waals surface area (Å²) in [5.74, 6) is 0. The number of nitrogens with two attached hydrogens (primary N) is 1. The number of sulfonamides is 1. The van der Waals surface area contributed by atoms with Gasteiger partial charge in [0.1, 0.15) is 9.88 Å². The summed E-state index contributed by atoms with van der Waals surface area (Å²) in [6.45, 7) is 0. The van der Waals surface area contributed by atoms with E-state index in [0.29, 0.717) is 11.3 Å². The molecule has 2 aromatic carbocycles. The average molecular weight is 453 g/mol. The fourth-order valence-corrected chi connectivity index (χ4v) is 3.90. The smallest absolute Gasteiger partial charge is 0.263 e. The molecule has 110 valence electrons. The normalized spacial score (nSPS) is 11.1. The Balaban J connectivity index is 2.38. The molecule has 0 aliphatic rings. The van der Waals surface area contributed by atoms with Crippen molar-refractivity contribution in [3.8, 4) is 0 Å². The molecule has 0 aliphatic carbocycles. The van der Waals surface area contributed by atoms with Crippen molar-refractivity contribution < 1.29 is 8.42 Å². The minimum Gasteiger partial charge on any atom is -0.389 e. The van der Waals surface area contributed by atoms with E-state index in [-0.39, 0.29) is 14.9 Å². The van der Waals surface area contributed by atoms with Gasteiger partial charge in [0.25, 0.3) is 10.0 Å². The van der Waals surface area contributed by atoms with E-state index >= 15 is 0 Å². The first kappa shape index (κ1) is 16.5. The van der Waals surface area contributed by atoms with Crippen LogP contribution in [0.2, 0.25) is 5.02 Å². The Bertz CT molecular complexity index is 810. The van der Waals surface area contributed by atoms with Gasteiger partial charge in [-0.25, -0.2) is 8.42 Å². The highest BCUT2D eigenvalue weighted by atomic mass is 127. The molecule has 8 heteroatoms. The number of hydrogen-bond donors (Lipinski definition) is 2. The van der Waals surface area contributed by atoms with Crippen LogP contribution >= 0.6 is 46.4 Å². The number of hydrogen-bond acceptors (Lipinski definition) is 3. The van der Waals surface area contributed by atoms with E-state index in [2.05, 4.69) is 27.3 Å². The fraction of sp³-hybridized carbons (Fsp3) is 0. The topological polar surface area (TPSA) is 72.2 Å². The van der Waals surface area contributed by atoms with Crippen LogP contribution in [0.5, 0.6) is 0 Å². The van der Waals surface area contributed by atoms with Gasteiger partial charge >= 0.3 is 0 Å².